The van der Waals surface area contributed by atoms with Crippen LogP contribution < -0.4 is 5.32 Å². The summed E-state index contributed by atoms with van der Waals surface area (Å²) in [5.74, 6) is 1.39. The Labute approximate surface area is 123 Å². The number of nitrogens with one attached hydrogen (secondary N) is 1. The van der Waals surface area contributed by atoms with Crippen LogP contribution in [-0.2, 0) is 4.79 Å². The molecule has 2 heterocycles. The van der Waals surface area contributed by atoms with Gasteiger partial charge < -0.3 is 15.1 Å². The lowest BCUT2D eigenvalue weighted by Gasteiger charge is -2.37. The molecule has 1 N–H and O–H groups in total. The quantitative estimate of drug-likeness (QED) is 0.849. The maximum atomic E-state index is 12.5. The lowest BCUT2D eigenvalue weighted by molar-refractivity contribution is -0.137. The molecule has 1 atom stereocenters. The molecule has 20 heavy (non-hydrogen) atoms. The zero-order valence-corrected chi connectivity index (χ0v) is 13.4. The number of amides is 1. The van der Waals surface area contributed by atoms with E-state index in [9.17, 15) is 4.79 Å². The molecule has 4 nitrogen and oxygen atoms in total. The van der Waals surface area contributed by atoms with E-state index < -0.39 is 0 Å². The van der Waals surface area contributed by atoms with Gasteiger partial charge in [0, 0.05) is 32.2 Å². The minimum absolute atomic E-state index is 0.235. The molecule has 2 aliphatic heterocycles. The molecule has 0 aliphatic carbocycles. The van der Waals surface area contributed by atoms with Gasteiger partial charge in [-0.2, -0.15) is 0 Å². The largest absolute Gasteiger partial charge is 0.342 e. The average Bonchev–Trinajstić information content (AvgIpc) is 2.48. The van der Waals surface area contributed by atoms with Crippen molar-refractivity contribution in [1.29, 1.82) is 0 Å². The molecule has 116 valence electrons. The molecule has 0 aromatic carbocycles. The maximum Gasteiger partial charge on any atom is 0.226 e. The normalized spacial score (nSPS) is 25.4. The fourth-order valence-electron chi connectivity index (χ4n) is 3.27. The van der Waals surface area contributed by atoms with E-state index in [1.54, 1.807) is 0 Å². The van der Waals surface area contributed by atoms with Crippen molar-refractivity contribution < 1.29 is 4.79 Å². The number of carbonyl (C=O) groups excluding carboxylic acids is 1. The molecule has 0 unspecified atom stereocenters. The van der Waals surface area contributed by atoms with Crippen molar-refractivity contribution in [2.45, 2.75) is 45.6 Å². The van der Waals surface area contributed by atoms with Gasteiger partial charge in [-0.3, -0.25) is 4.79 Å². The predicted molar refractivity (Wildman–Crippen MR) is 82.7 cm³/mol. The van der Waals surface area contributed by atoms with Crippen molar-refractivity contribution in [2.75, 3.05) is 39.8 Å². The number of hydrogen-bond donors (Lipinski definition) is 1. The average molecular weight is 281 g/mol. The van der Waals surface area contributed by atoms with Gasteiger partial charge in [0.25, 0.3) is 0 Å². The highest BCUT2D eigenvalue weighted by Crippen LogP contribution is 2.22. The van der Waals surface area contributed by atoms with Gasteiger partial charge in [0.2, 0.25) is 5.91 Å². The Bertz CT molecular complexity index is 305. The summed E-state index contributed by atoms with van der Waals surface area (Å²) in [4.78, 5) is 17.0. The summed E-state index contributed by atoms with van der Waals surface area (Å²) in [6.07, 6.45) is 4.56. The minimum atomic E-state index is 0.235. The Morgan fingerprint density at radius 2 is 2.00 bits per heavy atom. The van der Waals surface area contributed by atoms with Gasteiger partial charge in [-0.05, 0) is 59.0 Å². The number of rotatable bonds is 4. The van der Waals surface area contributed by atoms with Crippen LogP contribution in [0.2, 0.25) is 0 Å². The van der Waals surface area contributed by atoms with Gasteiger partial charge >= 0.3 is 0 Å². The summed E-state index contributed by atoms with van der Waals surface area (Å²) >= 11 is 0. The molecule has 2 aliphatic rings. The van der Waals surface area contributed by atoms with Crippen molar-refractivity contribution in [2.24, 2.45) is 11.8 Å². The third-order valence-electron chi connectivity index (χ3n) is 5.00. The summed E-state index contributed by atoms with van der Waals surface area (Å²) < 4.78 is 0. The van der Waals surface area contributed by atoms with Crippen LogP contribution in [0, 0.1) is 11.8 Å². The first-order chi connectivity index (χ1) is 9.58. The van der Waals surface area contributed by atoms with Crippen LogP contribution in [0.15, 0.2) is 0 Å². The molecule has 2 fully saturated rings. The van der Waals surface area contributed by atoms with E-state index in [-0.39, 0.29) is 5.92 Å². The second-order valence-corrected chi connectivity index (χ2v) is 6.85. The number of piperidine rings is 2. The van der Waals surface area contributed by atoms with Crippen LogP contribution in [-0.4, -0.2) is 61.5 Å². The van der Waals surface area contributed by atoms with E-state index in [0.29, 0.717) is 11.9 Å². The standard InChI is InChI=1S/C16H31N3O/c1-13(2)18(3)12-14-6-9-19(10-7-14)16(20)15-5-4-8-17-11-15/h13-15,17H,4-12H2,1-3H3/t15-/m1/s1. The summed E-state index contributed by atoms with van der Waals surface area (Å²) in [6, 6.07) is 0.614. The highest BCUT2D eigenvalue weighted by atomic mass is 16.2. The Morgan fingerprint density at radius 1 is 1.30 bits per heavy atom. The number of likely N-dealkylation sites (tertiary alicyclic amines) is 1. The van der Waals surface area contributed by atoms with E-state index in [2.05, 4.69) is 36.0 Å². The Hall–Kier alpha value is -0.610. The molecule has 1 amide bonds. The summed E-state index contributed by atoms with van der Waals surface area (Å²) in [6.45, 7) is 9.55. The van der Waals surface area contributed by atoms with Crippen LogP contribution >= 0.6 is 0 Å². The molecule has 0 saturated carbocycles. The predicted octanol–water partition coefficient (Wildman–Crippen LogP) is 1.56. The van der Waals surface area contributed by atoms with Crippen LogP contribution in [0.3, 0.4) is 0 Å². The zero-order valence-electron chi connectivity index (χ0n) is 13.4. The van der Waals surface area contributed by atoms with Gasteiger partial charge in [0.1, 0.15) is 0 Å². The third kappa shape index (κ3) is 4.19. The number of hydrogen-bond acceptors (Lipinski definition) is 3. The topological polar surface area (TPSA) is 35.6 Å². The molecule has 2 saturated heterocycles. The number of carbonyl (C=O) groups is 1. The van der Waals surface area contributed by atoms with Crippen LogP contribution in [0.25, 0.3) is 0 Å². The first-order valence-corrected chi connectivity index (χ1v) is 8.27. The second-order valence-electron chi connectivity index (χ2n) is 6.85. The van der Waals surface area contributed by atoms with Gasteiger partial charge in [-0.15, -0.1) is 0 Å². The smallest absolute Gasteiger partial charge is 0.226 e. The van der Waals surface area contributed by atoms with Crippen LogP contribution in [0.1, 0.15) is 39.5 Å². The van der Waals surface area contributed by atoms with Crippen LogP contribution in [0.4, 0.5) is 0 Å². The van der Waals surface area contributed by atoms with Gasteiger partial charge in [-0.25, -0.2) is 0 Å². The summed E-state index contributed by atoms with van der Waals surface area (Å²) in [5.41, 5.74) is 0. The van der Waals surface area contributed by atoms with Gasteiger partial charge in [0.15, 0.2) is 0 Å². The van der Waals surface area contributed by atoms with E-state index in [4.69, 9.17) is 0 Å². The van der Waals surface area contributed by atoms with Crippen molar-refractivity contribution >= 4 is 5.91 Å². The minimum Gasteiger partial charge on any atom is -0.342 e. The molecule has 2 rings (SSSR count). The number of nitrogens with zero attached hydrogens (tertiary/aromatic N) is 2. The monoisotopic (exact) mass is 281 g/mol. The molecule has 0 radical (unpaired) electrons. The van der Waals surface area contributed by atoms with E-state index >= 15 is 0 Å². The Kier molecular flexibility index (Phi) is 5.85. The van der Waals surface area contributed by atoms with Crippen molar-refractivity contribution in [1.82, 2.24) is 15.1 Å². The Balaban J connectivity index is 1.74. The fraction of sp³-hybridized carbons (Fsp3) is 0.938. The molecular formula is C16H31N3O. The first kappa shape index (κ1) is 15.8. The molecule has 0 spiro atoms. The summed E-state index contributed by atoms with van der Waals surface area (Å²) in [7, 11) is 2.20. The molecule has 0 aromatic rings. The first-order valence-electron chi connectivity index (χ1n) is 8.27. The fourth-order valence-corrected chi connectivity index (χ4v) is 3.27. The lowest BCUT2D eigenvalue weighted by atomic mass is 9.93. The molecule has 4 heteroatoms. The van der Waals surface area contributed by atoms with Crippen LogP contribution in [0.5, 0.6) is 0 Å². The Morgan fingerprint density at radius 3 is 2.55 bits per heavy atom. The summed E-state index contributed by atoms with van der Waals surface area (Å²) in [5, 5.41) is 3.35. The second kappa shape index (κ2) is 7.41. The maximum absolute atomic E-state index is 12.5. The van der Waals surface area contributed by atoms with Crippen molar-refractivity contribution in [3.05, 3.63) is 0 Å². The third-order valence-corrected chi connectivity index (χ3v) is 5.00. The highest BCUT2D eigenvalue weighted by molar-refractivity contribution is 5.79. The van der Waals surface area contributed by atoms with Gasteiger partial charge in [-0.1, -0.05) is 0 Å². The molecule has 0 aromatic heterocycles. The SMILES string of the molecule is CC(C)N(C)CC1CCN(C(=O)[C@@H]2CCCNC2)CC1. The van der Waals surface area contributed by atoms with E-state index in [1.807, 2.05) is 0 Å². The lowest BCUT2D eigenvalue weighted by Crippen LogP contribution is -2.47. The van der Waals surface area contributed by atoms with Crippen molar-refractivity contribution in [3.8, 4) is 0 Å². The molecule has 0 bridgehead atoms. The van der Waals surface area contributed by atoms with Crippen molar-refractivity contribution in [3.63, 3.8) is 0 Å². The zero-order chi connectivity index (χ0) is 14.5. The molecular weight excluding hydrogens is 250 g/mol. The van der Waals surface area contributed by atoms with E-state index in [1.165, 1.54) is 19.4 Å². The van der Waals surface area contributed by atoms with E-state index in [0.717, 1.165) is 44.9 Å². The highest BCUT2D eigenvalue weighted by Gasteiger charge is 2.29. The van der Waals surface area contributed by atoms with Gasteiger partial charge in [0.05, 0.1) is 5.92 Å².